The van der Waals surface area contributed by atoms with Crippen LogP contribution in [0.25, 0.3) is 0 Å². The zero-order valence-corrected chi connectivity index (χ0v) is 12.1. The van der Waals surface area contributed by atoms with Gasteiger partial charge < -0.3 is 5.32 Å². The summed E-state index contributed by atoms with van der Waals surface area (Å²) in [6, 6.07) is 6.95. The van der Waals surface area contributed by atoms with E-state index < -0.39 is 0 Å². The SMILES string of the molecule is CCCCC(CC)Nc1cccc(Br)c1C. The standard InChI is InChI=1S/C14H22BrN/c1-4-6-8-12(5-2)16-14-10-7-9-13(15)11(14)3/h7,9-10,12,16H,4-6,8H2,1-3H3. The van der Waals surface area contributed by atoms with Gasteiger partial charge in [-0.15, -0.1) is 0 Å². The van der Waals surface area contributed by atoms with Crippen LogP contribution in [0.1, 0.15) is 45.1 Å². The van der Waals surface area contributed by atoms with Crippen LogP contribution in [-0.2, 0) is 0 Å². The highest BCUT2D eigenvalue weighted by Crippen LogP contribution is 2.25. The van der Waals surface area contributed by atoms with Crippen LogP contribution in [0.4, 0.5) is 5.69 Å². The second kappa shape index (κ2) is 6.95. The van der Waals surface area contributed by atoms with Crippen molar-refractivity contribution >= 4 is 21.6 Å². The molecule has 0 aromatic heterocycles. The van der Waals surface area contributed by atoms with Gasteiger partial charge in [0.05, 0.1) is 0 Å². The van der Waals surface area contributed by atoms with Crippen LogP contribution < -0.4 is 5.32 Å². The second-order valence-corrected chi connectivity index (χ2v) is 5.16. The predicted octanol–water partition coefficient (Wildman–Crippen LogP) is 5.14. The van der Waals surface area contributed by atoms with Crippen LogP contribution >= 0.6 is 15.9 Å². The fourth-order valence-corrected chi connectivity index (χ4v) is 2.18. The molecule has 16 heavy (non-hydrogen) atoms. The van der Waals surface area contributed by atoms with Crippen LogP contribution in [-0.4, -0.2) is 6.04 Å². The van der Waals surface area contributed by atoms with Gasteiger partial charge in [-0.3, -0.25) is 0 Å². The van der Waals surface area contributed by atoms with E-state index in [1.807, 2.05) is 0 Å². The van der Waals surface area contributed by atoms with Crippen molar-refractivity contribution in [2.45, 2.75) is 52.5 Å². The molecule has 1 N–H and O–H groups in total. The Labute approximate surface area is 108 Å². The van der Waals surface area contributed by atoms with Crippen molar-refractivity contribution < 1.29 is 0 Å². The highest BCUT2D eigenvalue weighted by molar-refractivity contribution is 9.10. The molecule has 1 rings (SSSR count). The molecule has 0 bridgehead atoms. The quantitative estimate of drug-likeness (QED) is 0.762. The Morgan fingerprint density at radius 2 is 2.06 bits per heavy atom. The van der Waals surface area contributed by atoms with Crippen LogP contribution in [0.2, 0.25) is 0 Å². The number of nitrogens with one attached hydrogen (secondary N) is 1. The molecular weight excluding hydrogens is 262 g/mol. The van der Waals surface area contributed by atoms with E-state index in [1.54, 1.807) is 0 Å². The fourth-order valence-electron chi connectivity index (χ4n) is 1.81. The zero-order chi connectivity index (χ0) is 12.0. The highest BCUT2D eigenvalue weighted by Gasteiger charge is 2.08. The molecule has 1 aromatic carbocycles. The van der Waals surface area contributed by atoms with Crippen molar-refractivity contribution in [1.82, 2.24) is 0 Å². The van der Waals surface area contributed by atoms with E-state index in [0.717, 1.165) is 0 Å². The van der Waals surface area contributed by atoms with Gasteiger partial charge >= 0.3 is 0 Å². The minimum absolute atomic E-state index is 0.605. The lowest BCUT2D eigenvalue weighted by atomic mass is 10.1. The normalized spacial score (nSPS) is 12.5. The van der Waals surface area contributed by atoms with Crippen molar-refractivity contribution in [3.05, 3.63) is 28.2 Å². The minimum atomic E-state index is 0.605. The number of anilines is 1. The Kier molecular flexibility index (Phi) is 5.89. The van der Waals surface area contributed by atoms with Crippen molar-refractivity contribution in [2.24, 2.45) is 0 Å². The molecule has 0 aliphatic carbocycles. The molecule has 0 saturated carbocycles. The number of unbranched alkanes of at least 4 members (excludes halogenated alkanes) is 1. The average Bonchev–Trinajstić information content (AvgIpc) is 2.30. The van der Waals surface area contributed by atoms with E-state index in [9.17, 15) is 0 Å². The summed E-state index contributed by atoms with van der Waals surface area (Å²) in [6.45, 7) is 6.65. The predicted molar refractivity (Wildman–Crippen MR) is 76.1 cm³/mol. The molecule has 1 atom stereocenters. The van der Waals surface area contributed by atoms with Crippen molar-refractivity contribution in [3.8, 4) is 0 Å². The number of rotatable bonds is 6. The van der Waals surface area contributed by atoms with Crippen LogP contribution in [0, 0.1) is 6.92 Å². The van der Waals surface area contributed by atoms with Gasteiger partial charge in [-0.1, -0.05) is 48.7 Å². The summed E-state index contributed by atoms with van der Waals surface area (Å²) in [5, 5.41) is 3.64. The summed E-state index contributed by atoms with van der Waals surface area (Å²) in [5.74, 6) is 0. The Balaban J connectivity index is 2.66. The van der Waals surface area contributed by atoms with E-state index in [1.165, 1.54) is 41.4 Å². The van der Waals surface area contributed by atoms with Crippen LogP contribution in [0.5, 0.6) is 0 Å². The van der Waals surface area contributed by atoms with Gasteiger partial charge in [0.15, 0.2) is 0 Å². The molecular formula is C14H22BrN. The Bertz CT molecular complexity index is 323. The molecule has 0 heterocycles. The van der Waals surface area contributed by atoms with Gasteiger partial charge in [0.25, 0.3) is 0 Å². The molecule has 1 aromatic rings. The molecule has 0 aliphatic rings. The third kappa shape index (κ3) is 3.82. The molecule has 0 aliphatic heterocycles. The number of hydrogen-bond donors (Lipinski definition) is 1. The van der Waals surface area contributed by atoms with E-state index in [2.05, 4.69) is 60.2 Å². The van der Waals surface area contributed by atoms with Gasteiger partial charge in [-0.05, 0) is 37.5 Å². The monoisotopic (exact) mass is 283 g/mol. The molecule has 0 radical (unpaired) electrons. The third-order valence-corrected chi connectivity index (χ3v) is 3.89. The molecule has 0 fully saturated rings. The molecule has 1 unspecified atom stereocenters. The van der Waals surface area contributed by atoms with Crippen molar-refractivity contribution in [3.63, 3.8) is 0 Å². The van der Waals surface area contributed by atoms with Gasteiger partial charge in [0.2, 0.25) is 0 Å². The Morgan fingerprint density at radius 3 is 2.69 bits per heavy atom. The summed E-state index contributed by atoms with van der Waals surface area (Å²) < 4.78 is 1.18. The second-order valence-electron chi connectivity index (χ2n) is 4.30. The molecule has 2 heteroatoms. The lowest BCUT2D eigenvalue weighted by Crippen LogP contribution is -2.18. The average molecular weight is 284 g/mol. The van der Waals surface area contributed by atoms with Gasteiger partial charge in [0, 0.05) is 16.2 Å². The van der Waals surface area contributed by atoms with Gasteiger partial charge in [-0.25, -0.2) is 0 Å². The molecule has 0 spiro atoms. The third-order valence-electron chi connectivity index (χ3n) is 3.03. The number of hydrogen-bond acceptors (Lipinski definition) is 1. The maximum Gasteiger partial charge on any atom is 0.0383 e. The lowest BCUT2D eigenvalue weighted by molar-refractivity contribution is 0.593. The topological polar surface area (TPSA) is 12.0 Å². The highest BCUT2D eigenvalue weighted by atomic mass is 79.9. The van der Waals surface area contributed by atoms with E-state index in [0.29, 0.717) is 6.04 Å². The molecule has 0 amide bonds. The zero-order valence-electron chi connectivity index (χ0n) is 10.5. The van der Waals surface area contributed by atoms with Gasteiger partial charge in [0.1, 0.15) is 0 Å². The molecule has 0 saturated heterocycles. The lowest BCUT2D eigenvalue weighted by Gasteiger charge is -2.20. The minimum Gasteiger partial charge on any atom is -0.382 e. The van der Waals surface area contributed by atoms with Crippen LogP contribution in [0.15, 0.2) is 22.7 Å². The first kappa shape index (κ1) is 13.6. The largest absolute Gasteiger partial charge is 0.382 e. The summed E-state index contributed by atoms with van der Waals surface area (Å²) in [6.07, 6.45) is 5.03. The van der Waals surface area contributed by atoms with Crippen molar-refractivity contribution in [2.75, 3.05) is 5.32 Å². The Morgan fingerprint density at radius 1 is 1.31 bits per heavy atom. The number of benzene rings is 1. The summed E-state index contributed by atoms with van der Waals surface area (Å²) in [4.78, 5) is 0. The summed E-state index contributed by atoms with van der Waals surface area (Å²) in [5.41, 5.74) is 2.56. The smallest absolute Gasteiger partial charge is 0.0383 e. The maximum atomic E-state index is 3.64. The first-order valence-corrected chi connectivity index (χ1v) is 7.00. The van der Waals surface area contributed by atoms with E-state index in [4.69, 9.17) is 0 Å². The number of halogens is 1. The van der Waals surface area contributed by atoms with Gasteiger partial charge in [-0.2, -0.15) is 0 Å². The van der Waals surface area contributed by atoms with E-state index >= 15 is 0 Å². The van der Waals surface area contributed by atoms with Crippen LogP contribution in [0.3, 0.4) is 0 Å². The summed E-state index contributed by atoms with van der Waals surface area (Å²) in [7, 11) is 0. The molecule has 90 valence electrons. The summed E-state index contributed by atoms with van der Waals surface area (Å²) >= 11 is 3.57. The first-order chi connectivity index (χ1) is 7.69. The molecule has 1 nitrogen and oxygen atoms in total. The van der Waals surface area contributed by atoms with Crippen molar-refractivity contribution in [1.29, 1.82) is 0 Å². The maximum absolute atomic E-state index is 3.64. The Hall–Kier alpha value is -0.500. The first-order valence-electron chi connectivity index (χ1n) is 6.20. The van der Waals surface area contributed by atoms with E-state index in [-0.39, 0.29) is 0 Å². The fraction of sp³-hybridized carbons (Fsp3) is 0.571.